The molecule has 0 atom stereocenters. The van der Waals surface area contributed by atoms with Crippen LogP contribution < -0.4 is 15.5 Å². The Morgan fingerprint density at radius 2 is 1.52 bits per heavy atom. The van der Waals surface area contributed by atoms with E-state index in [2.05, 4.69) is 10.6 Å². The number of nitrogens with zero attached hydrogens (tertiary/aromatic N) is 1. The van der Waals surface area contributed by atoms with Gasteiger partial charge in [0.25, 0.3) is 17.7 Å². The molecule has 33 heavy (non-hydrogen) atoms. The lowest BCUT2D eigenvalue weighted by Gasteiger charge is -2.15. The number of benzene rings is 3. The standard InChI is InChI=1S/C26H22ClN3O3/c1-2-17-8-14-21(15-9-17)30-25(32)22(27)23(26(30)33)29-20-12-10-19(11-13-20)24(31)28-16-18-6-4-3-5-7-18/h3-15,29H,2,16H2,1H3,(H,28,31). The number of hydrogen-bond acceptors (Lipinski definition) is 4. The molecule has 6 nitrogen and oxygen atoms in total. The van der Waals surface area contributed by atoms with Crippen molar-refractivity contribution in [3.63, 3.8) is 0 Å². The van der Waals surface area contributed by atoms with Crippen LogP contribution in [0, 0.1) is 0 Å². The Kier molecular flexibility index (Phi) is 6.56. The highest BCUT2D eigenvalue weighted by molar-refractivity contribution is 6.53. The summed E-state index contributed by atoms with van der Waals surface area (Å²) < 4.78 is 0. The molecule has 0 saturated heterocycles. The molecule has 0 saturated carbocycles. The molecule has 1 aliphatic rings. The summed E-state index contributed by atoms with van der Waals surface area (Å²) in [6.07, 6.45) is 0.855. The molecule has 7 heteroatoms. The molecule has 0 spiro atoms. The normalized spacial score (nSPS) is 13.5. The van der Waals surface area contributed by atoms with Crippen LogP contribution in [0.2, 0.25) is 0 Å². The summed E-state index contributed by atoms with van der Waals surface area (Å²) >= 11 is 6.20. The molecule has 3 aromatic rings. The van der Waals surface area contributed by atoms with Gasteiger partial charge in [0, 0.05) is 17.8 Å². The first-order chi connectivity index (χ1) is 16.0. The first kappa shape index (κ1) is 22.3. The molecule has 0 radical (unpaired) electrons. The second-order valence-corrected chi connectivity index (χ2v) is 7.90. The van der Waals surface area contributed by atoms with Gasteiger partial charge in [-0.3, -0.25) is 14.4 Å². The Balaban J connectivity index is 1.43. The van der Waals surface area contributed by atoms with Crippen LogP contribution in [0.1, 0.15) is 28.4 Å². The van der Waals surface area contributed by atoms with Gasteiger partial charge in [0.1, 0.15) is 10.7 Å². The largest absolute Gasteiger partial charge is 0.350 e. The minimum atomic E-state index is -0.578. The molecule has 0 unspecified atom stereocenters. The summed E-state index contributed by atoms with van der Waals surface area (Å²) in [5, 5.41) is 5.61. The number of aryl methyl sites for hydroxylation is 1. The van der Waals surface area contributed by atoms with Crippen molar-refractivity contribution in [1.29, 1.82) is 0 Å². The number of amides is 3. The van der Waals surface area contributed by atoms with Crippen LogP contribution in [0.15, 0.2) is 89.6 Å². The lowest BCUT2D eigenvalue weighted by Crippen LogP contribution is -2.32. The molecule has 4 rings (SSSR count). The van der Waals surface area contributed by atoms with E-state index in [9.17, 15) is 14.4 Å². The quantitative estimate of drug-likeness (QED) is 0.505. The zero-order chi connectivity index (χ0) is 23.4. The van der Waals surface area contributed by atoms with Crippen molar-refractivity contribution < 1.29 is 14.4 Å². The third-order valence-electron chi connectivity index (χ3n) is 5.34. The first-order valence-corrected chi connectivity index (χ1v) is 10.9. The Bertz CT molecular complexity index is 1220. The van der Waals surface area contributed by atoms with E-state index >= 15 is 0 Å². The number of carbonyl (C=O) groups is 3. The summed E-state index contributed by atoms with van der Waals surface area (Å²) in [5.41, 5.74) is 3.58. The van der Waals surface area contributed by atoms with E-state index in [4.69, 9.17) is 11.6 Å². The van der Waals surface area contributed by atoms with Crippen LogP contribution in [0.4, 0.5) is 11.4 Å². The Morgan fingerprint density at radius 1 is 0.848 bits per heavy atom. The Labute approximate surface area is 196 Å². The van der Waals surface area contributed by atoms with Crippen LogP contribution in [0.3, 0.4) is 0 Å². The third-order valence-corrected chi connectivity index (χ3v) is 5.69. The fraction of sp³-hybridized carbons (Fsp3) is 0.115. The van der Waals surface area contributed by atoms with Gasteiger partial charge in [-0.05, 0) is 53.9 Å². The van der Waals surface area contributed by atoms with E-state index in [0.29, 0.717) is 23.5 Å². The molecule has 0 aliphatic carbocycles. The van der Waals surface area contributed by atoms with Gasteiger partial charge in [0.05, 0.1) is 5.69 Å². The lowest BCUT2D eigenvalue weighted by atomic mass is 10.1. The van der Waals surface area contributed by atoms with Gasteiger partial charge in [-0.2, -0.15) is 0 Å². The minimum absolute atomic E-state index is 0.00233. The monoisotopic (exact) mass is 459 g/mol. The van der Waals surface area contributed by atoms with Crippen LogP contribution >= 0.6 is 11.6 Å². The summed E-state index contributed by atoms with van der Waals surface area (Å²) in [4.78, 5) is 39.0. The Hall–Kier alpha value is -3.90. The fourth-order valence-corrected chi connectivity index (χ4v) is 3.67. The summed E-state index contributed by atoms with van der Waals surface area (Å²) in [7, 11) is 0. The van der Waals surface area contributed by atoms with E-state index in [1.165, 1.54) is 0 Å². The van der Waals surface area contributed by atoms with Crippen molar-refractivity contribution >= 4 is 40.7 Å². The highest BCUT2D eigenvalue weighted by Crippen LogP contribution is 2.30. The second kappa shape index (κ2) is 9.71. The van der Waals surface area contributed by atoms with Gasteiger partial charge >= 0.3 is 0 Å². The van der Waals surface area contributed by atoms with Crippen molar-refractivity contribution in [2.45, 2.75) is 19.9 Å². The van der Waals surface area contributed by atoms with Crippen LogP contribution in [0.5, 0.6) is 0 Å². The number of rotatable bonds is 7. The van der Waals surface area contributed by atoms with E-state index in [1.807, 2.05) is 49.4 Å². The van der Waals surface area contributed by atoms with E-state index in [0.717, 1.165) is 22.4 Å². The molecule has 2 N–H and O–H groups in total. The van der Waals surface area contributed by atoms with E-state index < -0.39 is 11.8 Å². The van der Waals surface area contributed by atoms with Gasteiger partial charge in [-0.15, -0.1) is 0 Å². The maximum absolute atomic E-state index is 12.9. The number of halogens is 1. The molecular formula is C26H22ClN3O3. The average Bonchev–Trinajstić information content (AvgIpc) is 3.06. The van der Waals surface area contributed by atoms with E-state index in [-0.39, 0.29) is 16.6 Å². The smallest absolute Gasteiger partial charge is 0.283 e. The summed E-state index contributed by atoms with van der Waals surface area (Å²) in [6.45, 7) is 2.45. The Morgan fingerprint density at radius 3 is 2.15 bits per heavy atom. The second-order valence-electron chi connectivity index (χ2n) is 7.53. The number of imide groups is 1. The van der Waals surface area contributed by atoms with Gasteiger partial charge in [0.2, 0.25) is 0 Å². The zero-order valence-electron chi connectivity index (χ0n) is 18.0. The SMILES string of the molecule is CCc1ccc(N2C(=O)C(Cl)=C(Nc3ccc(C(=O)NCc4ccccc4)cc3)C2=O)cc1. The van der Waals surface area contributed by atoms with Crippen molar-refractivity contribution in [2.24, 2.45) is 0 Å². The van der Waals surface area contributed by atoms with Gasteiger partial charge in [-0.1, -0.05) is 61.0 Å². The van der Waals surface area contributed by atoms with Gasteiger partial charge < -0.3 is 10.6 Å². The van der Waals surface area contributed by atoms with Crippen LogP contribution in [-0.4, -0.2) is 17.7 Å². The highest BCUT2D eigenvalue weighted by atomic mass is 35.5. The van der Waals surface area contributed by atoms with Gasteiger partial charge in [0.15, 0.2) is 0 Å². The minimum Gasteiger partial charge on any atom is -0.350 e. The number of anilines is 2. The molecule has 3 amide bonds. The van der Waals surface area contributed by atoms with Crippen molar-refractivity contribution in [2.75, 3.05) is 10.2 Å². The molecule has 0 aromatic heterocycles. The van der Waals surface area contributed by atoms with E-state index in [1.54, 1.807) is 36.4 Å². The summed E-state index contributed by atoms with van der Waals surface area (Å²) in [5.74, 6) is -1.32. The van der Waals surface area contributed by atoms with Crippen molar-refractivity contribution in [3.8, 4) is 0 Å². The topological polar surface area (TPSA) is 78.5 Å². The highest BCUT2D eigenvalue weighted by Gasteiger charge is 2.38. The first-order valence-electron chi connectivity index (χ1n) is 10.5. The van der Waals surface area contributed by atoms with Crippen molar-refractivity contribution in [1.82, 2.24) is 5.32 Å². The molecular weight excluding hydrogens is 438 g/mol. The van der Waals surface area contributed by atoms with Gasteiger partial charge in [-0.25, -0.2) is 4.90 Å². The van der Waals surface area contributed by atoms with Crippen LogP contribution in [-0.2, 0) is 22.6 Å². The molecule has 166 valence electrons. The lowest BCUT2D eigenvalue weighted by molar-refractivity contribution is -0.120. The number of nitrogens with one attached hydrogen (secondary N) is 2. The predicted molar refractivity (Wildman–Crippen MR) is 129 cm³/mol. The van der Waals surface area contributed by atoms with Crippen molar-refractivity contribution in [3.05, 3.63) is 106 Å². The predicted octanol–water partition coefficient (Wildman–Crippen LogP) is 4.61. The fourth-order valence-electron chi connectivity index (χ4n) is 3.46. The number of carbonyl (C=O) groups excluding carboxylic acids is 3. The average molecular weight is 460 g/mol. The molecule has 3 aromatic carbocycles. The molecule has 0 bridgehead atoms. The zero-order valence-corrected chi connectivity index (χ0v) is 18.7. The molecule has 0 fully saturated rings. The summed E-state index contributed by atoms with van der Waals surface area (Å²) in [6, 6.07) is 23.4. The van der Waals surface area contributed by atoms with Crippen LogP contribution in [0.25, 0.3) is 0 Å². The number of hydrogen-bond donors (Lipinski definition) is 2. The molecule has 1 heterocycles. The third kappa shape index (κ3) is 4.81. The molecule has 1 aliphatic heterocycles. The maximum atomic E-state index is 12.9. The maximum Gasteiger partial charge on any atom is 0.283 e.